The number of hydrogen-bond donors (Lipinski definition) is 0. The van der Waals surface area contributed by atoms with Gasteiger partial charge in [-0.25, -0.2) is 0 Å². The second kappa shape index (κ2) is 7.31. The van der Waals surface area contributed by atoms with Crippen LogP contribution in [0.1, 0.15) is 35.2 Å². The summed E-state index contributed by atoms with van der Waals surface area (Å²) in [7, 11) is 0. The lowest BCUT2D eigenvalue weighted by molar-refractivity contribution is -0.141. The summed E-state index contributed by atoms with van der Waals surface area (Å²) in [6, 6.07) is 4.49. The number of rotatable bonds is 3. The summed E-state index contributed by atoms with van der Waals surface area (Å²) in [5.41, 5.74) is -0.0968. The van der Waals surface area contributed by atoms with E-state index in [-0.39, 0.29) is 16.9 Å². The summed E-state index contributed by atoms with van der Waals surface area (Å²) in [6.45, 7) is 0. The van der Waals surface area contributed by atoms with Gasteiger partial charge in [-0.15, -0.1) is 15.0 Å². The van der Waals surface area contributed by atoms with E-state index in [0.29, 0.717) is 11.4 Å². The van der Waals surface area contributed by atoms with Gasteiger partial charge in [0.1, 0.15) is 15.1 Å². The number of nitrogens with zero attached hydrogens (tertiary/aromatic N) is 8. The van der Waals surface area contributed by atoms with E-state index in [1.807, 2.05) is 12.1 Å². The average Bonchev–Trinajstić information content (AvgIpc) is 3.30. The summed E-state index contributed by atoms with van der Waals surface area (Å²) in [4.78, 5) is 9.71. The number of aromatic nitrogens is 6. The zero-order chi connectivity index (χ0) is 21.6. The van der Waals surface area contributed by atoms with E-state index >= 15 is 0 Å². The molecule has 0 unspecified atom stereocenters. The Morgan fingerprint density at radius 2 is 1.97 bits per heavy atom. The molecule has 0 aromatic carbocycles. The highest BCUT2D eigenvalue weighted by Crippen LogP contribution is 2.56. The number of nitriles is 1. The highest BCUT2D eigenvalue weighted by atomic mass is 32.2. The molecule has 1 aliphatic heterocycles. The van der Waals surface area contributed by atoms with Gasteiger partial charge in [0, 0.05) is 17.5 Å². The van der Waals surface area contributed by atoms with Gasteiger partial charge in [0.15, 0.2) is 5.82 Å². The van der Waals surface area contributed by atoms with E-state index in [4.69, 9.17) is 4.99 Å². The lowest BCUT2D eigenvalue weighted by atomic mass is 10.1. The fourth-order valence-electron chi connectivity index (χ4n) is 3.11. The first kappa shape index (κ1) is 20.0. The van der Waals surface area contributed by atoms with Gasteiger partial charge in [0.25, 0.3) is 0 Å². The lowest BCUT2D eigenvalue weighted by Crippen LogP contribution is -2.16. The van der Waals surface area contributed by atoms with Crippen molar-refractivity contribution in [2.24, 2.45) is 4.99 Å². The number of halogens is 3. The van der Waals surface area contributed by atoms with E-state index in [1.54, 1.807) is 12.4 Å². The van der Waals surface area contributed by atoms with Crippen LogP contribution in [0.25, 0.3) is 5.82 Å². The predicted octanol–water partition coefficient (Wildman–Crippen LogP) is 3.73. The molecule has 2 aliphatic rings. The smallest absolute Gasteiger partial charge is 0.260 e. The number of aliphatic imine (C=N–C) groups is 1. The first-order chi connectivity index (χ1) is 14.9. The van der Waals surface area contributed by atoms with Crippen molar-refractivity contribution in [3.63, 3.8) is 0 Å². The molecule has 1 spiro atoms. The highest BCUT2D eigenvalue weighted by Gasteiger charge is 2.49. The summed E-state index contributed by atoms with van der Waals surface area (Å²) in [6.07, 6.45) is 1.36. The molecule has 4 heterocycles. The van der Waals surface area contributed by atoms with Crippen LogP contribution in [0, 0.1) is 11.3 Å². The van der Waals surface area contributed by atoms with Crippen LogP contribution in [-0.4, -0.2) is 34.6 Å². The van der Waals surface area contributed by atoms with Crippen molar-refractivity contribution in [1.82, 2.24) is 30.2 Å². The summed E-state index contributed by atoms with van der Waals surface area (Å²) in [5, 5.41) is 26.6. The molecule has 13 heteroatoms. The Kier molecular flexibility index (Phi) is 4.71. The molecule has 31 heavy (non-hydrogen) atoms. The van der Waals surface area contributed by atoms with Crippen molar-refractivity contribution in [2.75, 3.05) is 0 Å². The van der Waals surface area contributed by atoms with Gasteiger partial charge in [0.2, 0.25) is 0 Å². The Balaban J connectivity index is 1.37. The van der Waals surface area contributed by atoms with Gasteiger partial charge in [-0.05, 0) is 42.3 Å². The van der Waals surface area contributed by atoms with Crippen molar-refractivity contribution < 1.29 is 13.2 Å². The minimum atomic E-state index is -4.59. The minimum Gasteiger partial charge on any atom is -0.260 e. The van der Waals surface area contributed by atoms with Crippen LogP contribution >= 0.6 is 23.5 Å². The van der Waals surface area contributed by atoms with Crippen molar-refractivity contribution in [3.05, 3.63) is 53.1 Å². The molecule has 0 amide bonds. The zero-order valence-corrected chi connectivity index (χ0v) is 17.2. The molecular formula is C18H11F3N8S2. The molecule has 3 aromatic rings. The van der Waals surface area contributed by atoms with E-state index in [1.165, 1.54) is 28.3 Å². The Hall–Kier alpha value is -2.98. The fraction of sp³-hybridized carbons (Fsp3) is 0.278. The molecule has 5 rings (SSSR count). The fourth-order valence-corrected chi connectivity index (χ4v) is 5.33. The van der Waals surface area contributed by atoms with Crippen LogP contribution in [0.15, 0.2) is 40.7 Å². The molecule has 1 saturated carbocycles. The van der Waals surface area contributed by atoms with E-state index in [0.717, 1.165) is 40.1 Å². The van der Waals surface area contributed by atoms with Crippen LogP contribution in [0.4, 0.5) is 13.2 Å². The molecule has 0 radical (unpaired) electrons. The summed E-state index contributed by atoms with van der Waals surface area (Å²) in [5.74, 6) is 0.782. The largest absolute Gasteiger partial charge is 0.433 e. The van der Waals surface area contributed by atoms with E-state index in [2.05, 4.69) is 25.4 Å². The minimum absolute atomic E-state index is 0.0473. The van der Waals surface area contributed by atoms with Crippen molar-refractivity contribution in [2.45, 2.75) is 35.3 Å². The second-order valence-electron chi connectivity index (χ2n) is 6.88. The summed E-state index contributed by atoms with van der Waals surface area (Å²) >= 11 is 2.70. The maximum Gasteiger partial charge on any atom is 0.433 e. The van der Waals surface area contributed by atoms with Gasteiger partial charge < -0.3 is 0 Å². The molecule has 156 valence electrons. The molecule has 0 bridgehead atoms. The molecule has 1 aliphatic carbocycles. The number of thioether (sulfide) groups is 2. The predicted molar refractivity (Wildman–Crippen MR) is 106 cm³/mol. The SMILES string of the molecule is N#Cc1cc(C(F)(F)F)ncc1CSC1=NC2(CC2)c2cc(-n3nccn3)nnc2S1. The van der Waals surface area contributed by atoms with Crippen molar-refractivity contribution in [3.8, 4) is 11.9 Å². The standard InChI is InChI=1S/C18H11F3N8S2/c19-18(20,21)13-5-10(7-22)11(8-23-13)9-30-16-26-17(1-2-17)12-6-14(27-28-15(12)31-16)29-24-3-4-25-29/h3-6,8H,1-2,9H2. The van der Waals surface area contributed by atoms with Gasteiger partial charge in [-0.2, -0.15) is 28.6 Å². The zero-order valence-electron chi connectivity index (χ0n) is 15.5. The topological polar surface area (TPSA) is 106 Å². The quantitative estimate of drug-likeness (QED) is 0.582. The molecule has 8 nitrogen and oxygen atoms in total. The lowest BCUT2D eigenvalue weighted by Gasteiger charge is -2.21. The maximum atomic E-state index is 12.8. The number of pyridine rings is 1. The summed E-state index contributed by atoms with van der Waals surface area (Å²) < 4.78 is 39.3. The number of fused-ring (bicyclic) bond motifs is 2. The molecule has 1 fully saturated rings. The van der Waals surface area contributed by atoms with Crippen LogP contribution in [0.5, 0.6) is 0 Å². The number of alkyl halides is 3. The van der Waals surface area contributed by atoms with Crippen molar-refractivity contribution >= 4 is 27.9 Å². The third-order valence-corrected chi connectivity index (χ3v) is 6.99. The average molecular weight is 460 g/mol. The molecule has 0 atom stereocenters. The Bertz CT molecular complexity index is 1230. The Labute approximate surface area is 182 Å². The van der Waals surface area contributed by atoms with Gasteiger partial charge in [-0.3, -0.25) is 9.98 Å². The van der Waals surface area contributed by atoms with Gasteiger partial charge in [-0.1, -0.05) is 11.8 Å². The maximum absolute atomic E-state index is 12.8. The molecule has 0 saturated heterocycles. The monoisotopic (exact) mass is 460 g/mol. The second-order valence-corrected chi connectivity index (χ2v) is 9.08. The molecule has 0 N–H and O–H groups in total. The van der Waals surface area contributed by atoms with Gasteiger partial charge >= 0.3 is 6.18 Å². The first-order valence-corrected chi connectivity index (χ1v) is 10.8. The van der Waals surface area contributed by atoms with Crippen LogP contribution in [0.2, 0.25) is 0 Å². The molecule has 3 aromatic heterocycles. The normalized spacial score (nSPS) is 16.5. The van der Waals surface area contributed by atoms with Crippen LogP contribution < -0.4 is 0 Å². The Morgan fingerprint density at radius 3 is 2.65 bits per heavy atom. The van der Waals surface area contributed by atoms with E-state index in [9.17, 15) is 18.4 Å². The van der Waals surface area contributed by atoms with Crippen LogP contribution in [-0.2, 0) is 17.5 Å². The van der Waals surface area contributed by atoms with Crippen LogP contribution in [0.3, 0.4) is 0 Å². The van der Waals surface area contributed by atoms with Gasteiger partial charge in [0.05, 0.1) is 29.6 Å². The third-order valence-electron chi connectivity index (χ3n) is 4.83. The van der Waals surface area contributed by atoms with Crippen molar-refractivity contribution in [1.29, 1.82) is 5.26 Å². The third kappa shape index (κ3) is 3.77. The highest BCUT2D eigenvalue weighted by molar-refractivity contribution is 8.38. The Morgan fingerprint density at radius 1 is 1.19 bits per heavy atom. The first-order valence-electron chi connectivity index (χ1n) is 9.00. The van der Waals surface area contributed by atoms with E-state index < -0.39 is 11.9 Å². The number of hydrogen-bond acceptors (Lipinski definition) is 9. The molecular weight excluding hydrogens is 449 g/mol.